The Morgan fingerprint density at radius 3 is 2.77 bits per heavy atom. The van der Waals surface area contributed by atoms with E-state index < -0.39 is 30.9 Å². The van der Waals surface area contributed by atoms with Crippen LogP contribution in [0, 0.1) is 11.8 Å². The van der Waals surface area contributed by atoms with E-state index in [9.17, 15) is 15.0 Å². The number of benzene rings is 1. The summed E-state index contributed by atoms with van der Waals surface area (Å²) in [5.41, 5.74) is 1.98. The second-order valence-electron chi connectivity index (χ2n) is 8.01. The lowest BCUT2D eigenvalue weighted by Gasteiger charge is -2.35. The van der Waals surface area contributed by atoms with E-state index in [0.717, 1.165) is 24.0 Å². The van der Waals surface area contributed by atoms with E-state index >= 15 is 0 Å². The van der Waals surface area contributed by atoms with E-state index in [1.165, 1.54) is 6.92 Å². The molecule has 0 amide bonds. The number of fused-ring (bicyclic) bond motifs is 2. The fraction of sp³-hybridized carbons (Fsp3) is 0.667. The molecule has 1 aromatic carbocycles. The first kappa shape index (κ1) is 21.3. The molecule has 0 aromatic heterocycles. The van der Waals surface area contributed by atoms with E-state index in [0.29, 0.717) is 18.0 Å². The third-order valence-electron chi connectivity index (χ3n) is 6.03. The van der Waals surface area contributed by atoms with Crippen LogP contribution in [0.4, 0.5) is 0 Å². The fourth-order valence-corrected chi connectivity index (χ4v) is 4.27. The van der Waals surface area contributed by atoms with Gasteiger partial charge >= 0.3 is 0 Å². The Hall–Kier alpha value is -1.91. The molecule has 2 heterocycles. The van der Waals surface area contributed by atoms with Crippen molar-refractivity contribution < 1.29 is 43.4 Å². The van der Waals surface area contributed by atoms with Gasteiger partial charge in [0.05, 0.1) is 25.4 Å². The van der Waals surface area contributed by atoms with Crippen LogP contribution < -0.4 is 9.47 Å². The third-order valence-corrected chi connectivity index (χ3v) is 6.03. The highest BCUT2D eigenvalue weighted by Crippen LogP contribution is 2.45. The molecule has 1 fully saturated rings. The Morgan fingerprint density at radius 2 is 2.03 bits per heavy atom. The van der Waals surface area contributed by atoms with Crippen molar-refractivity contribution >= 4 is 6.47 Å². The van der Waals surface area contributed by atoms with Crippen molar-refractivity contribution in [3.05, 3.63) is 23.3 Å². The van der Waals surface area contributed by atoms with Crippen LogP contribution in [0.1, 0.15) is 37.5 Å². The van der Waals surface area contributed by atoms with Crippen molar-refractivity contribution in [3.63, 3.8) is 0 Å². The van der Waals surface area contributed by atoms with Gasteiger partial charge in [0.25, 0.3) is 6.47 Å². The number of hydrogen-bond donors (Lipinski definition) is 2. The minimum atomic E-state index is -0.919. The van der Waals surface area contributed by atoms with Crippen molar-refractivity contribution in [2.45, 2.75) is 57.6 Å². The quantitative estimate of drug-likeness (QED) is 0.471. The highest BCUT2D eigenvalue weighted by Gasteiger charge is 2.45. The minimum absolute atomic E-state index is 0.0954. The minimum Gasteiger partial charge on any atom is -0.467 e. The summed E-state index contributed by atoms with van der Waals surface area (Å²) >= 11 is 0. The first-order chi connectivity index (χ1) is 14.5. The summed E-state index contributed by atoms with van der Waals surface area (Å²) in [5.74, 6) is 1.01. The molecular weight excluding hydrogens is 396 g/mol. The largest absolute Gasteiger partial charge is 0.467 e. The molecule has 3 aliphatic rings. The summed E-state index contributed by atoms with van der Waals surface area (Å²) < 4.78 is 33.5. The lowest BCUT2D eigenvalue weighted by molar-refractivity contribution is -0.217. The molecule has 0 spiro atoms. The molecule has 2 aliphatic heterocycles. The summed E-state index contributed by atoms with van der Waals surface area (Å²) in [6.45, 7) is 4.32. The zero-order chi connectivity index (χ0) is 21.3. The number of aryl methyl sites for hydroxylation is 1. The van der Waals surface area contributed by atoms with Crippen LogP contribution in [0.25, 0.3) is 0 Å². The molecule has 9 heteroatoms. The molecule has 1 saturated heterocycles. The van der Waals surface area contributed by atoms with Gasteiger partial charge in [0.15, 0.2) is 24.1 Å². The number of ether oxygens (including phenoxy) is 6. The predicted molar refractivity (Wildman–Crippen MR) is 102 cm³/mol. The van der Waals surface area contributed by atoms with Crippen LogP contribution in [0.3, 0.4) is 0 Å². The normalized spacial score (nSPS) is 33.2. The fourth-order valence-electron chi connectivity index (χ4n) is 4.27. The van der Waals surface area contributed by atoms with Crippen LogP contribution in [0.5, 0.6) is 11.5 Å². The second-order valence-corrected chi connectivity index (χ2v) is 8.01. The molecule has 0 radical (unpaired) electrons. The number of aliphatic hydroxyl groups is 2. The summed E-state index contributed by atoms with van der Waals surface area (Å²) in [4.78, 5) is 10.8. The number of aliphatic hydroxyl groups excluding tert-OH is 2. The van der Waals surface area contributed by atoms with Crippen molar-refractivity contribution in [1.29, 1.82) is 0 Å². The van der Waals surface area contributed by atoms with Crippen LogP contribution in [-0.2, 0) is 30.2 Å². The molecule has 7 atom stereocenters. The molecule has 166 valence electrons. The number of carbonyl (C=O) groups is 1. The van der Waals surface area contributed by atoms with Gasteiger partial charge in [0.1, 0.15) is 6.10 Å². The monoisotopic (exact) mass is 424 g/mol. The molecule has 1 aliphatic carbocycles. The Balaban J connectivity index is 1.55. The molecule has 0 bridgehead atoms. The highest BCUT2D eigenvalue weighted by molar-refractivity contribution is 5.50. The molecule has 2 N–H and O–H groups in total. The summed E-state index contributed by atoms with van der Waals surface area (Å²) in [6, 6.07) is 3.85. The summed E-state index contributed by atoms with van der Waals surface area (Å²) in [6.07, 6.45) is -1.98. The van der Waals surface area contributed by atoms with Crippen LogP contribution in [0.15, 0.2) is 12.1 Å². The molecule has 1 aromatic rings. The van der Waals surface area contributed by atoms with Gasteiger partial charge in [-0.05, 0) is 43.0 Å². The van der Waals surface area contributed by atoms with Crippen molar-refractivity contribution in [3.8, 4) is 11.5 Å². The van der Waals surface area contributed by atoms with Crippen LogP contribution >= 0.6 is 0 Å². The van der Waals surface area contributed by atoms with Gasteiger partial charge in [0, 0.05) is 11.8 Å². The third kappa shape index (κ3) is 4.26. The maximum absolute atomic E-state index is 10.8. The lowest BCUT2D eigenvalue weighted by Crippen LogP contribution is -2.34. The molecule has 9 nitrogen and oxygen atoms in total. The Labute approximate surface area is 174 Å². The van der Waals surface area contributed by atoms with E-state index in [1.54, 1.807) is 0 Å². The number of hydrogen-bond acceptors (Lipinski definition) is 9. The maximum atomic E-state index is 10.8. The van der Waals surface area contributed by atoms with Crippen molar-refractivity contribution in [2.24, 2.45) is 11.8 Å². The SMILES string of the molecule is CC(O)OCC1OC(OC2c3cc4c(cc3CCC2COC=O)OCO4)C(O)C1C. The van der Waals surface area contributed by atoms with Gasteiger partial charge in [-0.2, -0.15) is 0 Å². The van der Waals surface area contributed by atoms with Gasteiger partial charge < -0.3 is 38.6 Å². The second kappa shape index (κ2) is 9.07. The Bertz CT molecular complexity index is 752. The van der Waals surface area contributed by atoms with E-state index in [1.807, 2.05) is 19.1 Å². The standard InChI is InChI=1S/C21H28O9/c1-11-18(8-26-12(2)23)29-21(19(11)24)30-20-14(7-25-9-22)4-3-13-5-16-17(6-15(13)20)28-10-27-16/h5-6,9,11-12,14,18-21,23-24H,3-4,7-8,10H2,1-2H3. The molecule has 0 saturated carbocycles. The first-order valence-electron chi connectivity index (χ1n) is 10.2. The van der Waals surface area contributed by atoms with Crippen molar-refractivity contribution in [2.75, 3.05) is 20.0 Å². The molecular formula is C21H28O9. The van der Waals surface area contributed by atoms with Gasteiger partial charge in [-0.1, -0.05) is 6.92 Å². The highest BCUT2D eigenvalue weighted by atomic mass is 16.7. The Morgan fingerprint density at radius 1 is 1.27 bits per heavy atom. The van der Waals surface area contributed by atoms with Crippen LogP contribution in [-0.4, -0.2) is 61.5 Å². The average Bonchev–Trinajstić information content (AvgIpc) is 3.29. The summed E-state index contributed by atoms with van der Waals surface area (Å²) in [5, 5.41) is 20.0. The van der Waals surface area contributed by atoms with E-state index in [-0.39, 0.29) is 31.8 Å². The number of rotatable bonds is 8. The molecule has 7 unspecified atom stereocenters. The predicted octanol–water partition coefficient (Wildman–Crippen LogP) is 1.29. The van der Waals surface area contributed by atoms with Gasteiger partial charge in [0.2, 0.25) is 6.79 Å². The van der Waals surface area contributed by atoms with Crippen LogP contribution in [0.2, 0.25) is 0 Å². The molecule has 4 rings (SSSR count). The van der Waals surface area contributed by atoms with E-state index in [4.69, 9.17) is 28.4 Å². The average molecular weight is 424 g/mol. The zero-order valence-electron chi connectivity index (χ0n) is 17.1. The topological polar surface area (TPSA) is 113 Å². The number of carbonyl (C=O) groups excluding carboxylic acids is 1. The van der Waals surface area contributed by atoms with Gasteiger partial charge in [-0.15, -0.1) is 0 Å². The smallest absolute Gasteiger partial charge is 0.293 e. The van der Waals surface area contributed by atoms with Gasteiger partial charge in [-0.25, -0.2) is 0 Å². The Kier molecular flexibility index (Phi) is 6.45. The van der Waals surface area contributed by atoms with Crippen molar-refractivity contribution in [1.82, 2.24) is 0 Å². The molecule has 30 heavy (non-hydrogen) atoms. The summed E-state index contributed by atoms with van der Waals surface area (Å²) in [7, 11) is 0. The van der Waals surface area contributed by atoms with E-state index in [2.05, 4.69) is 0 Å². The van der Waals surface area contributed by atoms with Gasteiger partial charge in [-0.3, -0.25) is 4.79 Å². The maximum Gasteiger partial charge on any atom is 0.293 e. The first-order valence-corrected chi connectivity index (χ1v) is 10.2. The lowest BCUT2D eigenvalue weighted by atomic mass is 9.81. The zero-order valence-corrected chi connectivity index (χ0v) is 17.1.